The molecular weight excluding hydrogens is 325 g/mol. The van der Waals surface area contributed by atoms with E-state index in [4.69, 9.17) is 0 Å². The summed E-state index contributed by atoms with van der Waals surface area (Å²) in [4.78, 5) is 18.1. The van der Waals surface area contributed by atoms with Crippen LogP contribution in [0.2, 0.25) is 0 Å². The number of benzene rings is 1. The number of amides is 2. The average Bonchev–Trinajstić information content (AvgIpc) is 2.97. The third kappa shape index (κ3) is 5.82. The van der Waals surface area contributed by atoms with Gasteiger partial charge in [-0.05, 0) is 23.6 Å². The van der Waals surface area contributed by atoms with Crippen molar-refractivity contribution in [1.82, 2.24) is 25.0 Å². The first-order valence-corrected chi connectivity index (χ1v) is 8.16. The third-order valence-corrected chi connectivity index (χ3v) is 3.57. The van der Waals surface area contributed by atoms with Crippen molar-refractivity contribution in [2.45, 2.75) is 26.5 Å². The molecule has 0 radical (unpaired) electrons. The Morgan fingerprint density at radius 1 is 1.32 bits per heavy atom. The fraction of sp³-hybridized carbons (Fsp3) is 0.471. The van der Waals surface area contributed by atoms with E-state index in [9.17, 15) is 14.3 Å². The van der Waals surface area contributed by atoms with Crippen LogP contribution >= 0.6 is 0 Å². The number of nitrogens with zero attached hydrogens (tertiary/aromatic N) is 4. The second-order valence-corrected chi connectivity index (χ2v) is 6.36. The number of aryl methyl sites for hydroxylation is 1. The molecule has 1 aromatic heterocycles. The van der Waals surface area contributed by atoms with Crippen LogP contribution in [0.5, 0.6) is 0 Å². The summed E-state index contributed by atoms with van der Waals surface area (Å²) in [5.41, 5.74) is 0.564. The van der Waals surface area contributed by atoms with Crippen LogP contribution in [0.3, 0.4) is 0 Å². The van der Waals surface area contributed by atoms with E-state index in [0.717, 1.165) is 0 Å². The maximum atomic E-state index is 13.0. The largest absolute Gasteiger partial charge is 0.387 e. The van der Waals surface area contributed by atoms with E-state index in [1.54, 1.807) is 23.0 Å². The summed E-state index contributed by atoms with van der Waals surface area (Å²) in [6.07, 6.45) is 0.671. The van der Waals surface area contributed by atoms with Crippen molar-refractivity contribution in [2.75, 3.05) is 13.1 Å². The second-order valence-electron chi connectivity index (χ2n) is 6.36. The molecule has 1 aromatic carbocycles. The topological polar surface area (TPSA) is 83.3 Å². The highest BCUT2D eigenvalue weighted by Gasteiger charge is 2.20. The lowest BCUT2D eigenvalue weighted by Gasteiger charge is -2.27. The first-order valence-electron chi connectivity index (χ1n) is 8.16. The van der Waals surface area contributed by atoms with Crippen LogP contribution in [0.1, 0.15) is 31.3 Å². The Balaban J connectivity index is 1.98. The Bertz CT molecular complexity index is 687. The normalized spacial score (nSPS) is 12.2. The van der Waals surface area contributed by atoms with E-state index in [2.05, 4.69) is 15.4 Å². The van der Waals surface area contributed by atoms with Gasteiger partial charge < -0.3 is 15.3 Å². The fourth-order valence-corrected chi connectivity index (χ4v) is 2.41. The van der Waals surface area contributed by atoms with Crippen molar-refractivity contribution >= 4 is 6.03 Å². The van der Waals surface area contributed by atoms with E-state index in [-0.39, 0.29) is 30.9 Å². The van der Waals surface area contributed by atoms with Crippen molar-refractivity contribution in [3.63, 3.8) is 0 Å². The number of hydrogen-bond acceptors (Lipinski definition) is 4. The zero-order valence-electron chi connectivity index (χ0n) is 14.7. The zero-order valence-corrected chi connectivity index (χ0v) is 14.7. The molecule has 2 aromatic rings. The van der Waals surface area contributed by atoms with Gasteiger partial charge in [-0.3, -0.25) is 4.68 Å². The van der Waals surface area contributed by atoms with Crippen LogP contribution < -0.4 is 5.32 Å². The minimum absolute atomic E-state index is 0.116. The van der Waals surface area contributed by atoms with Gasteiger partial charge in [0.15, 0.2) is 5.82 Å². The molecule has 0 bridgehead atoms. The minimum atomic E-state index is -0.891. The lowest BCUT2D eigenvalue weighted by atomic mass is 10.1. The summed E-state index contributed by atoms with van der Waals surface area (Å²) in [7, 11) is 1.75. The molecule has 0 saturated heterocycles. The van der Waals surface area contributed by atoms with Crippen molar-refractivity contribution < 1.29 is 14.3 Å². The fourth-order valence-electron chi connectivity index (χ4n) is 2.41. The Morgan fingerprint density at radius 2 is 2.00 bits per heavy atom. The Labute approximate surface area is 146 Å². The van der Waals surface area contributed by atoms with E-state index >= 15 is 0 Å². The van der Waals surface area contributed by atoms with Gasteiger partial charge in [-0.25, -0.2) is 14.2 Å². The van der Waals surface area contributed by atoms with Gasteiger partial charge in [0, 0.05) is 13.6 Å². The minimum Gasteiger partial charge on any atom is -0.387 e. The molecule has 0 aliphatic heterocycles. The van der Waals surface area contributed by atoms with Crippen LogP contribution in [0.4, 0.5) is 9.18 Å². The van der Waals surface area contributed by atoms with Gasteiger partial charge in [0.25, 0.3) is 0 Å². The van der Waals surface area contributed by atoms with Crippen LogP contribution in [0.25, 0.3) is 0 Å². The van der Waals surface area contributed by atoms with Crippen LogP contribution in [0, 0.1) is 11.7 Å². The summed E-state index contributed by atoms with van der Waals surface area (Å²) < 4.78 is 14.6. The summed E-state index contributed by atoms with van der Waals surface area (Å²) in [5, 5.41) is 17.2. The van der Waals surface area contributed by atoms with Crippen LogP contribution in [0.15, 0.2) is 30.6 Å². The zero-order chi connectivity index (χ0) is 18.4. The van der Waals surface area contributed by atoms with Gasteiger partial charge in [-0.1, -0.05) is 26.0 Å². The first kappa shape index (κ1) is 18.9. The van der Waals surface area contributed by atoms with Crippen LogP contribution in [-0.2, 0) is 13.6 Å². The molecule has 2 rings (SSSR count). The van der Waals surface area contributed by atoms with E-state index in [0.29, 0.717) is 17.9 Å². The van der Waals surface area contributed by atoms with Gasteiger partial charge >= 0.3 is 6.03 Å². The molecule has 0 saturated carbocycles. The van der Waals surface area contributed by atoms with Gasteiger partial charge in [-0.15, -0.1) is 0 Å². The predicted molar refractivity (Wildman–Crippen MR) is 91.0 cm³/mol. The van der Waals surface area contributed by atoms with Gasteiger partial charge in [0.05, 0.1) is 19.2 Å². The number of aliphatic hydroxyl groups excluding tert-OH is 1. The number of halogens is 1. The molecule has 1 unspecified atom stereocenters. The number of rotatable bonds is 7. The average molecular weight is 349 g/mol. The highest BCUT2D eigenvalue weighted by Crippen LogP contribution is 2.16. The van der Waals surface area contributed by atoms with E-state index in [1.807, 2.05) is 13.8 Å². The van der Waals surface area contributed by atoms with E-state index < -0.39 is 6.10 Å². The first-order chi connectivity index (χ1) is 11.8. The smallest absolute Gasteiger partial charge is 0.317 e. The van der Waals surface area contributed by atoms with Crippen molar-refractivity contribution in [3.8, 4) is 0 Å². The molecule has 0 aliphatic rings. The number of carbonyl (C=O) groups is 1. The van der Waals surface area contributed by atoms with Gasteiger partial charge in [0.1, 0.15) is 12.1 Å². The molecular formula is C17H24FN5O2. The lowest BCUT2D eigenvalue weighted by Crippen LogP contribution is -2.43. The SMILES string of the molecule is CC(C)CN(CC(O)c1ccc(F)cc1)C(=O)NCc1ncn(C)n1. The number of aliphatic hydroxyl groups is 1. The van der Waals surface area contributed by atoms with Gasteiger partial charge in [0.2, 0.25) is 0 Å². The summed E-state index contributed by atoms with van der Waals surface area (Å²) in [6, 6.07) is 5.31. The molecule has 0 aliphatic carbocycles. The quantitative estimate of drug-likeness (QED) is 0.799. The summed E-state index contributed by atoms with van der Waals surface area (Å²) >= 11 is 0. The summed E-state index contributed by atoms with van der Waals surface area (Å²) in [5.74, 6) is 0.383. The number of urea groups is 1. The maximum absolute atomic E-state index is 13.0. The molecule has 25 heavy (non-hydrogen) atoms. The van der Waals surface area contributed by atoms with E-state index in [1.165, 1.54) is 24.3 Å². The molecule has 8 heteroatoms. The third-order valence-electron chi connectivity index (χ3n) is 3.57. The Kier molecular flexibility index (Phi) is 6.46. The molecule has 7 nitrogen and oxygen atoms in total. The molecule has 1 heterocycles. The molecule has 0 fully saturated rings. The number of aromatic nitrogens is 3. The standard InChI is InChI=1S/C17H24FN5O2/c1-12(2)9-23(10-15(24)13-4-6-14(18)7-5-13)17(25)19-8-16-20-11-22(3)21-16/h4-7,11-12,15,24H,8-10H2,1-3H3,(H,19,25). The van der Waals surface area contributed by atoms with Crippen molar-refractivity contribution in [3.05, 3.63) is 47.8 Å². The summed E-state index contributed by atoms with van der Waals surface area (Å²) in [6.45, 7) is 4.79. The van der Waals surface area contributed by atoms with Gasteiger partial charge in [-0.2, -0.15) is 5.10 Å². The molecule has 1 atom stereocenters. The Morgan fingerprint density at radius 3 is 2.56 bits per heavy atom. The number of hydrogen-bond donors (Lipinski definition) is 2. The second kappa shape index (κ2) is 8.57. The highest BCUT2D eigenvalue weighted by atomic mass is 19.1. The molecule has 0 spiro atoms. The molecule has 2 N–H and O–H groups in total. The maximum Gasteiger partial charge on any atom is 0.317 e. The lowest BCUT2D eigenvalue weighted by molar-refractivity contribution is 0.115. The predicted octanol–water partition coefficient (Wildman–Crippen LogP) is 1.86. The van der Waals surface area contributed by atoms with Crippen molar-refractivity contribution in [2.24, 2.45) is 13.0 Å². The molecule has 136 valence electrons. The van der Waals surface area contributed by atoms with Crippen molar-refractivity contribution in [1.29, 1.82) is 0 Å². The van der Waals surface area contributed by atoms with Crippen LogP contribution in [-0.4, -0.2) is 43.9 Å². The Hall–Kier alpha value is -2.48. The molecule has 2 amide bonds. The highest BCUT2D eigenvalue weighted by molar-refractivity contribution is 5.74. The number of carbonyl (C=O) groups excluding carboxylic acids is 1. The number of nitrogens with one attached hydrogen (secondary N) is 1. The monoisotopic (exact) mass is 349 g/mol.